The number of allylic oxidation sites excluding steroid dienone is 1. The van der Waals surface area contributed by atoms with Crippen molar-refractivity contribution in [2.75, 3.05) is 11.5 Å². The van der Waals surface area contributed by atoms with Gasteiger partial charge < -0.3 is 10.1 Å². The third-order valence-corrected chi connectivity index (χ3v) is 6.30. The van der Waals surface area contributed by atoms with Crippen molar-refractivity contribution in [3.63, 3.8) is 0 Å². The first-order valence-electron chi connectivity index (χ1n) is 10.8. The number of carbonyl (C=O) groups excluding carboxylic acids is 2. The number of benzene rings is 2. The van der Waals surface area contributed by atoms with Gasteiger partial charge in [0.1, 0.15) is 5.15 Å². The van der Waals surface area contributed by atoms with Crippen molar-refractivity contribution in [3.8, 4) is 5.69 Å². The van der Waals surface area contributed by atoms with Crippen molar-refractivity contribution >= 4 is 40.9 Å². The Morgan fingerprint density at radius 3 is 2.26 bits per heavy atom. The third-order valence-electron chi connectivity index (χ3n) is 5.68. The van der Waals surface area contributed by atoms with Crippen LogP contribution in [-0.4, -0.2) is 28.4 Å². The Labute approximate surface area is 207 Å². The van der Waals surface area contributed by atoms with Crippen molar-refractivity contribution in [2.24, 2.45) is 0 Å². The number of aryl methyl sites for hydroxylation is 2. The smallest absolute Gasteiger partial charge is 0.338 e. The summed E-state index contributed by atoms with van der Waals surface area (Å²) in [6.45, 7) is 7.41. The molecule has 7 nitrogen and oxygen atoms in total. The van der Waals surface area contributed by atoms with Crippen LogP contribution >= 0.6 is 23.2 Å². The van der Waals surface area contributed by atoms with Gasteiger partial charge in [0.2, 0.25) is 0 Å². The first kappa shape index (κ1) is 23.9. The number of hydrogen-bond donors (Lipinski definition) is 1. The van der Waals surface area contributed by atoms with Crippen molar-refractivity contribution in [3.05, 3.63) is 86.8 Å². The summed E-state index contributed by atoms with van der Waals surface area (Å²) in [5, 5.41) is 8.37. The molecule has 176 valence electrons. The van der Waals surface area contributed by atoms with Gasteiger partial charge in [-0.3, -0.25) is 4.90 Å². The Kier molecular flexibility index (Phi) is 6.68. The van der Waals surface area contributed by atoms with Crippen molar-refractivity contribution in [1.29, 1.82) is 0 Å². The van der Waals surface area contributed by atoms with Crippen LogP contribution in [0.3, 0.4) is 0 Å². The zero-order chi connectivity index (χ0) is 24.6. The molecular formula is C25H24Cl2N4O3. The molecule has 34 heavy (non-hydrogen) atoms. The molecule has 9 heteroatoms. The SMILES string of the molecule is CCOC(=O)C1=C(C)N(c2ccc(Cl)cc2)C(=O)NC1c1c(C)nn(-c2ccc(C)cc2)c1Cl. The highest BCUT2D eigenvalue weighted by Gasteiger charge is 2.40. The van der Waals surface area contributed by atoms with Gasteiger partial charge in [-0.2, -0.15) is 5.10 Å². The van der Waals surface area contributed by atoms with Gasteiger partial charge in [-0.25, -0.2) is 14.3 Å². The number of carbonyl (C=O) groups is 2. The second-order valence-electron chi connectivity index (χ2n) is 7.95. The predicted octanol–water partition coefficient (Wildman–Crippen LogP) is 5.90. The van der Waals surface area contributed by atoms with E-state index in [1.165, 1.54) is 4.90 Å². The Hall–Kier alpha value is -3.29. The van der Waals surface area contributed by atoms with E-state index in [1.807, 2.05) is 31.2 Å². The van der Waals surface area contributed by atoms with Gasteiger partial charge >= 0.3 is 12.0 Å². The van der Waals surface area contributed by atoms with Crippen LogP contribution in [-0.2, 0) is 9.53 Å². The monoisotopic (exact) mass is 498 g/mol. The van der Waals surface area contributed by atoms with Gasteiger partial charge in [-0.05, 0) is 64.1 Å². The molecule has 0 radical (unpaired) electrons. The molecule has 4 rings (SSSR count). The Morgan fingerprint density at radius 1 is 1.03 bits per heavy atom. The molecule has 0 saturated heterocycles. The molecule has 0 fully saturated rings. The van der Waals surface area contributed by atoms with E-state index >= 15 is 0 Å². The number of anilines is 1. The van der Waals surface area contributed by atoms with E-state index in [0.717, 1.165) is 11.3 Å². The topological polar surface area (TPSA) is 76.5 Å². The third kappa shape index (κ3) is 4.29. The quantitative estimate of drug-likeness (QED) is 0.444. The number of nitrogens with zero attached hydrogens (tertiary/aromatic N) is 3. The minimum Gasteiger partial charge on any atom is -0.463 e. The van der Waals surface area contributed by atoms with Crippen LogP contribution < -0.4 is 10.2 Å². The first-order valence-corrected chi connectivity index (χ1v) is 11.5. The van der Waals surface area contributed by atoms with E-state index in [2.05, 4.69) is 10.4 Å². The van der Waals surface area contributed by atoms with Crippen LogP contribution in [0.1, 0.15) is 36.7 Å². The molecular weight excluding hydrogens is 475 g/mol. The maximum Gasteiger partial charge on any atom is 0.338 e. The lowest BCUT2D eigenvalue weighted by Gasteiger charge is -2.35. The fraction of sp³-hybridized carbons (Fsp3) is 0.240. The van der Waals surface area contributed by atoms with E-state index in [9.17, 15) is 9.59 Å². The molecule has 3 aromatic rings. The van der Waals surface area contributed by atoms with E-state index < -0.39 is 18.0 Å². The zero-order valence-corrected chi connectivity index (χ0v) is 20.7. The van der Waals surface area contributed by atoms with E-state index in [-0.39, 0.29) is 12.2 Å². The highest BCUT2D eigenvalue weighted by atomic mass is 35.5. The van der Waals surface area contributed by atoms with Crippen LogP contribution in [0.25, 0.3) is 5.69 Å². The second-order valence-corrected chi connectivity index (χ2v) is 8.75. The summed E-state index contributed by atoms with van der Waals surface area (Å²) in [4.78, 5) is 27.8. The fourth-order valence-electron chi connectivity index (χ4n) is 4.03. The molecule has 1 aliphatic rings. The molecule has 2 amide bonds. The Bertz CT molecular complexity index is 1280. The van der Waals surface area contributed by atoms with Crippen molar-refractivity contribution in [1.82, 2.24) is 15.1 Å². The minimum atomic E-state index is -0.832. The molecule has 0 bridgehead atoms. The molecule has 2 heterocycles. The standard InChI is InChI=1S/C25H24Cl2N4O3/c1-5-34-24(32)21-16(4)30(18-12-8-17(26)9-13-18)25(33)28-22(21)20-15(3)29-31(23(20)27)19-10-6-14(2)7-11-19/h6-13,22H,5H2,1-4H3,(H,28,33). The normalized spacial score (nSPS) is 16.0. The van der Waals surface area contributed by atoms with Gasteiger partial charge in [0.15, 0.2) is 0 Å². The van der Waals surface area contributed by atoms with Crippen molar-refractivity contribution in [2.45, 2.75) is 33.7 Å². The lowest BCUT2D eigenvalue weighted by atomic mass is 9.95. The second kappa shape index (κ2) is 9.52. The number of esters is 1. The number of halogens is 2. The lowest BCUT2D eigenvalue weighted by molar-refractivity contribution is -0.139. The van der Waals surface area contributed by atoms with E-state index in [4.69, 9.17) is 27.9 Å². The summed E-state index contributed by atoms with van der Waals surface area (Å²) >= 11 is 12.8. The summed E-state index contributed by atoms with van der Waals surface area (Å²) in [5.74, 6) is -0.539. The maximum absolute atomic E-state index is 13.3. The molecule has 1 atom stereocenters. The van der Waals surface area contributed by atoms with Gasteiger partial charge in [-0.15, -0.1) is 0 Å². The van der Waals surface area contributed by atoms with Crippen LogP contribution in [0, 0.1) is 13.8 Å². The predicted molar refractivity (Wildman–Crippen MR) is 133 cm³/mol. The van der Waals surface area contributed by atoms with Crippen LogP contribution in [0.2, 0.25) is 10.2 Å². The molecule has 1 aliphatic heterocycles. The number of hydrogen-bond acceptors (Lipinski definition) is 4. The largest absolute Gasteiger partial charge is 0.463 e. The number of amides is 2. The number of rotatable bonds is 5. The molecule has 1 unspecified atom stereocenters. The molecule has 0 spiro atoms. The number of aromatic nitrogens is 2. The summed E-state index contributed by atoms with van der Waals surface area (Å²) < 4.78 is 6.96. The number of nitrogens with one attached hydrogen (secondary N) is 1. The summed E-state index contributed by atoms with van der Waals surface area (Å²) in [5.41, 5.74) is 4.29. The molecule has 1 N–H and O–H groups in total. The van der Waals surface area contributed by atoms with Gasteiger partial charge in [0.25, 0.3) is 0 Å². The molecule has 0 aliphatic carbocycles. The maximum atomic E-state index is 13.3. The first-order chi connectivity index (χ1) is 16.2. The summed E-state index contributed by atoms with van der Waals surface area (Å²) in [7, 11) is 0. The Morgan fingerprint density at radius 2 is 1.65 bits per heavy atom. The molecule has 2 aromatic carbocycles. The minimum absolute atomic E-state index is 0.187. The highest BCUT2D eigenvalue weighted by molar-refractivity contribution is 6.31. The van der Waals surface area contributed by atoms with Crippen molar-refractivity contribution < 1.29 is 14.3 Å². The molecule has 0 saturated carbocycles. The average molecular weight is 499 g/mol. The van der Waals surface area contributed by atoms with Crippen LogP contribution in [0.5, 0.6) is 0 Å². The fourth-order valence-corrected chi connectivity index (χ4v) is 4.54. The zero-order valence-electron chi connectivity index (χ0n) is 19.2. The number of ether oxygens (including phenoxy) is 1. The summed E-state index contributed by atoms with van der Waals surface area (Å²) in [6, 6.07) is 13.3. The van der Waals surface area contributed by atoms with Gasteiger partial charge in [0, 0.05) is 16.3 Å². The van der Waals surface area contributed by atoms with Crippen LogP contribution in [0.15, 0.2) is 59.8 Å². The highest BCUT2D eigenvalue weighted by Crippen LogP contribution is 2.39. The lowest BCUT2D eigenvalue weighted by Crippen LogP contribution is -2.48. The average Bonchev–Trinajstić information content (AvgIpc) is 3.09. The molecule has 1 aromatic heterocycles. The van der Waals surface area contributed by atoms with Gasteiger partial charge in [-0.1, -0.05) is 40.9 Å². The van der Waals surface area contributed by atoms with E-state index in [0.29, 0.717) is 32.8 Å². The Balaban J connectivity index is 1.86. The van der Waals surface area contributed by atoms with E-state index in [1.54, 1.807) is 49.7 Å². The summed E-state index contributed by atoms with van der Waals surface area (Å²) in [6.07, 6.45) is 0. The van der Waals surface area contributed by atoms with Gasteiger partial charge in [0.05, 0.1) is 35.3 Å². The van der Waals surface area contributed by atoms with Crippen LogP contribution in [0.4, 0.5) is 10.5 Å². The number of urea groups is 1.